The quantitative estimate of drug-likeness (QED) is 0.632. The van der Waals surface area contributed by atoms with Gasteiger partial charge in [-0.15, -0.1) is 0 Å². The molecule has 0 radical (unpaired) electrons. The van der Waals surface area contributed by atoms with Gasteiger partial charge in [-0.3, -0.25) is 0 Å². The number of nitriles is 1. The first kappa shape index (κ1) is 19.6. The van der Waals surface area contributed by atoms with E-state index < -0.39 is 5.60 Å². The van der Waals surface area contributed by atoms with Gasteiger partial charge in [-0.1, -0.05) is 35.8 Å². The third kappa shape index (κ3) is 5.66. The molecule has 0 spiro atoms. The molecule has 1 saturated carbocycles. The van der Waals surface area contributed by atoms with E-state index >= 15 is 0 Å². The molecule has 0 heterocycles. The predicted molar refractivity (Wildman–Crippen MR) is 99.7 cm³/mol. The zero-order valence-electron chi connectivity index (χ0n) is 14.7. The summed E-state index contributed by atoms with van der Waals surface area (Å²) in [4.78, 5) is 14.2. The van der Waals surface area contributed by atoms with Crippen molar-refractivity contribution in [2.45, 2.75) is 58.2 Å². The van der Waals surface area contributed by atoms with E-state index in [0.29, 0.717) is 28.6 Å². The van der Waals surface area contributed by atoms with Crippen molar-refractivity contribution in [1.29, 1.82) is 5.26 Å². The van der Waals surface area contributed by atoms with Gasteiger partial charge in [0.15, 0.2) is 0 Å². The largest absolute Gasteiger partial charge is 0.444 e. The number of hydrogen-bond donors (Lipinski definition) is 0. The number of carbonyl (C=O) groups excluding carboxylic acids is 1. The van der Waals surface area contributed by atoms with E-state index in [1.165, 1.54) is 0 Å². The van der Waals surface area contributed by atoms with Crippen molar-refractivity contribution in [2.75, 3.05) is 0 Å². The van der Waals surface area contributed by atoms with Crippen molar-refractivity contribution in [3.05, 3.63) is 45.5 Å². The van der Waals surface area contributed by atoms with Gasteiger partial charge in [-0.25, -0.2) is 4.79 Å². The molecule has 0 unspecified atom stereocenters. The van der Waals surface area contributed by atoms with Crippen LogP contribution in [0.3, 0.4) is 0 Å². The second-order valence-electron chi connectivity index (χ2n) is 7.28. The van der Waals surface area contributed by atoms with Crippen molar-refractivity contribution in [2.24, 2.45) is 0 Å². The molecule has 0 aromatic heterocycles. The lowest BCUT2D eigenvalue weighted by Crippen LogP contribution is -2.37. The molecule has 1 aromatic carbocycles. The van der Waals surface area contributed by atoms with E-state index in [2.05, 4.69) is 6.58 Å². The molecule has 0 N–H and O–H groups in total. The first-order valence-electron chi connectivity index (χ1n) is 8.15. The maximum absolute atomic E-state index is 12.5. The van der Waals surface area contributed by atoms with Crippen LogP contribution < -0.4 is 0 Å². The Labute approximate surface area is 159 Å². The van der Waals surface area contributed by atoms with E-state index in [1.54, 1.807) is 11.0 Å². The van der Waals surface area contributed by atoms with Crippen LogP contribution in [0.15, 0.2) is 24.3 Å². The Morgan fingerprint density at radius 2 is 2.04 bits per heavy atom. The second-order valence-corrected chi connectivity index (χ2v) is 8.07. The molecule has 0 bridgehead atoms. The van der Waals surface area contributed by atoms with Crippen LogP contribution in [0, 0.1) is 11.3 Å². The number of hydrogen-bond acceptors (Lipinski definition) is 3. The van der Waals surface area contributed by atoms with Gasteiger partial charge in [0.25, 0.3) is 0 Å². The van der Waals surface area contributed by atoms with Gasteiger partial charge in [-0.05, 0) is 50.8 Å². The Kier molecular flexibility index (Phi) is 6.03. The average Bonchev–Trinajstić information content (AvgIpc) is 3.31. The second kappa shape index (κ2) is 7.68. The Bertz CT molecular complexity index is 728. The van der Waals surface area contributed by atoms with E-state index in [1.807, 2.05) is 32.9 Å². The molecule has 6 heteroatoms. The van der Waals surface area contributed by atoms with Crippen molar-refractivity contribution in [1.82, 2.24) is 4.90 Å². The summed E-state index contributed by atoms with van der Waals surface area (Å²) >= 11 is 12.6. The smallest absolute Gasteiger partial charge is 0.410 e. The number of rotatable bonds is 5. The van der Waals surface area contributed by atoms with Crippen LogP contribution in [-0.4, -0.2) is 22.6 Å². The van der Waals surface area contributed by atoms with E-state index in [-0.39, 0.29) is 12.1 Å². The van der Waals surface area contributed by atoms with Gasteiger partial charge in [0.2, 0.25) is 0 Å². The van der Waals surface area contributed by atoms with Gasteiger partial charge >= 0.3 is 6.09 Å². The number of amides is 1. The highest BCUT2D eigenvalue weighted by Gasteiger charge is 2.35. The van der Waals surface area contributed by atoms with Crippen LogP contribution in [-0.2, 0) is 17.7 Å². The maximum Gasteiger partial charge on any atom is 0.410 e. The van der Waals surface area contributed by atoms with E-state index in [9.17, 15) is 4.79 Å². The summed E-state index contributed by atoms with van der Waals surface area (Å²) in [6.45, 7) is 9.54. The third-order valence-corrected chi connectivity index (χ3v) is 4.54. The molecule has 0 aliphatic heterocycles. The number of carbonyl (C=O) groups is 1. The highest BCUT2D eigenvalue weighted by atomic mass is 35.5. The minimum Gasteiger partial charge on any atom is -0.444 e. The number of ether oxygens (including phenoxy) is 1. The molecule has 0 atom stereocenters. The van der Waals surface area contributed by atoms with Gasteiger partial charge in [0, 0.05) is 18.0 Å². The molecule has 1 amide bonds. The Morgan fingerprint density at radius 3 is 2.56 bits per heavy atom. The van der Waals surface area contributed by atoms with E-state index in [0.717, 1.165) is 24.0 Å². The van der Waals surface area contributed by atoms with Crippen LogP contribution in [0.25, 0.3) is 0 Å². The van der Waals surface area contributed by atoms with Crippen LogP contribution in [0.2, 0.25) is 10.0 Å². The lowest BCUT2D eigenvalue weighted by Gasteiger charge is -2.28. The standard InChI is InChI=1S/C19H22Cl2N2O2/c1-12(10-22)7-13-8-14(17(21)16(20)9-13)11-23(15-5-6-15)18(24)25-19(2,3)4/h8-9,15H,1,5-7,11H2,2-4H3. The predicted octanol–water partition coefficient (Wildman–Crippen LogP) is 5.52. The molecule has 1 fully saturated rings. The molecule has 2 rings (SSSR count). The van der Waals surface area contributed by atoms with Crippen LogP contribution in [0.5, 0.6) is 0 Å². The molecule has 1 aromatic rings. The van der Waals surface area contributed by atoms with Crippen molar-refractivity contribution < 1.29 is 9.53 Å². The fraction of sp³-hybridized carbons (Fsp3) is 0.474. The van der Waals surface area contributed by atoms with Gasteiger partial charge < -0.3 is 9.64 Å². The summed E-state index contributed by atoms with van der Waals surface area (Å²) in [6.07, 6.45) is 1.95. The molecule has 4 nitrogen and oxygen atoms in total. The van der Waals surface area contributed by atoms with E-state index in [4.69, 9.17) is 33.2 Å². The number of nitrogens with zero attached hydrogens (tertiary/aromatic N) is 2. The lowest BCUT2D eigenvalue weighted by molar-refractivity contribution is 0.0217. The molecule has 134 valence electrons. The molecular formula is C19H22Cl2N2O2. The first-order chi connectivity index (χ1) is 11.6. The van der Waals surface area contributed by atoms with Crippen molar-refractivity contribution in [3.63, 3.8) is 0 Å². The fourth-order valence-electron chi connectivity index (χ4n) is 2.44. The number of allylic oxidation sites excluding steroid dienone is 1. The lowest BCUT2D eigenvalue weighted by atomic mass is 10.0. The summed E-state index contributed by atoms with van der Waals surface area (Å²) in [5.74, 6) is 0. The van der Waals surface area contributed by atoms with Gasteiger partial charge in [-0.2, -0.15) is 5.26 Å². The zero-order chi connectivity index (χ0) is 18.8. The highest BCUT2D eigenvalue weighted by Crippen LogP contribution is 2.34. The normalized spacial score (nSPS) is 13.9. The number of halogens is 2. The molecule has 0 saturated heterocycles. The minimum atomic E-state index is -0.557. The van der Waals surface area contributed by atoms with Gasteiger partial charge in [0.05, 0.1) is 22.7 Å². The summed E-state index contributed by atoms with van der Waals surface area (Å²) in [6, 6.07) is 5.79. The molecule has 25 heavy (non-hydrogen) atoms. The SMILES string of the molecule is C=C(C#N)Cc1cc(Cl)c(Cl)c(CN(C(=O)OC(C)(C)C)C2CC2)c1. The summed E-state index contributed by atoms with van der Waals surface area (Å²) in [5, 5.41) is 9.74. The number of benzene rings is 1. The Balaban J connectivity index is 2.25. The highest BCUT2D eigenvalue weighted by molar-refractivity contribution is 6.42. The fourth-order valence-corrected chi connectivity index (χ4v) is 2.87. The maximum atomic E-state index is 12.5. The molecular weight excluding hydrogens is 359 g/mol. The molecule has 1 aliphatic carbocycles. The zero-order valence-corrected chi connectivity index (χ0v) is 16.2. The summed E-state index contributed by atoms with van der Waals surface area (Å²) in [7, 11) is 0. The van der Waals surface area contributed by atoms with Crippen LogP contribution in [0.4, 0.5) is 4.79 Å². The van der Waals surface area contributed by atoms with Crippen molar-refractivity contribution >= 4 is 29.3 Å². The average molecular weight is 381 g/mol. The summed E-state index contributed by atoms with van der Waals surface area (Å²) in [5.41, 5.74) is 1.47. The first-order valence-corrected chi connectivity index (χ1v) is 8.90. The monoisotopic (exact) mass is 380 g/mol. The van der Waals surface area contributed by atoms with Crippen LogP contribution in [0.1, 0.15) is 44.7 Å². The van der Waals surface area contributed by atoms with Crippen LogP contribution >= 0.6 is 23.2 Å². The summed E-state index contributed by atoms with van der Waals surface area (Å²) < 4.78 is 5.51. The van der Waals surface area contributed by atoms with Crippen molar-refractivity contribution in [3.8, 4) is 6.07 Å². The minimum absolute atomic E-state index is 0.169. The topological polar surface area (TPSA) is 53.3 Å². The third-order valence-electron chi connectivity index (χ3n) is 3.70. The van der Waals surface area contributed by atoms with Gasteiger partial charge in [0.1, 0.15) is 5.60 Å². The Hall–Kier alpha value is -1.70. The molecule has 1 aliphatic rings. The Morgan fingerprint density at radius 1 is 1.40 bits per heavy atom.